The highest BCUT2D eigenvalue weighted by Gasteiger charge is 2.29. The number of thiophene rings is 1. The number of esters is 1. The fourth-order valence-corrected chi connectivity index (χ4v) is 4.35. The van der Waals surface area contributed by atoms with Crippen LogP contribution in [-0.2, 0) is 19.6 Å². The molecule has 1 amide bonds. The monoisotopic (exact) mass is 437 g/mol. The number of benzene rings is 1. The van der Waals surface area contributed by atoms with E-state index in [1.165, 1.54) is 17.4 Å². The number of nitrogens with zero attached hydrogens (tertiary/aromatic N) is 2. The Morgan fingerprint density at radius 3 is 2.48 bits per heavy atom. The van der Waals surface area contributed by atoms with Gasteiger partial charge in [0.2, 0.25) is 15.9 Å². The predicted molar refractivity (Wildman–Crippen MR) is 111 cm³/mol. The average Bonchev–Trinajstić information content (AvgIpc) is 3.19. The van der Waals surface area contributed by atoms with E-state index >= 15 is 0 Å². The topological polar surface area (TPSA) is 96.0 Å². The Morgan fingerprint density at radius 2 is 1.90 bits per heavy atom. The smallest absolute Gasteiger partial charge is 0.340 e. The highest BCUT2D eigenvalue weighted by Crippen LogP contribution is 2.27. The van der Waals surface area contributed by atoms with E-state index in [0.29, 0.717) is 31.9 Å². The Bertz CT molecular complexity index is 967. The third-order valence-corrected chi connectivity index (χ3v) is 5.85. The first-order valence-electron chi connectivity index (χ1n) is 9.03. The quantitative estimate of drug-likeness (QED) is 0.696. The standard InChI is InChI=1S/C19H23N3O5S2/c1-14(23)21-7-9-22(10-8-21)18(16-6-11-28-13-16)27-19(24)15-4-3-5-17(12-15)20-29(2,25)26/h3-6,11-13,18,20H,7-10H2,1-2H3. The molecule has 1 saturated heterocycles. The number of sulfonamides is 1. The Balaban J connectivity index is 1.76. The second-order valence-corrected chi connectivity index (χ2v) is 9.34. The van der Waals surface area contributed by atoms with Crippen molar-refractivity contribution in [1.82, 2.24) is 9.80 Å². The van der Waals surface area contributed by atoms with Crippen LogP contribution in [0.2, 0.25) is 0 Å². The molecule has 1 aliphatic rings. The van der Waals surface area contributed by atoms with Gasteiger partial charge in [-0.1, -0.05) is 6.07 Å². The van der Waals surface area contributed by atoms with Crippen molar-refractivity contribution >= 4 is 38.9 Å². The summed E-state index contributed by atoms with van der Waals surface area (Å²) in [6.45, 7) is 3.86. The van der Waals surface area contributed by atoms with Gasteiger partial charge < -0.3 is 9.64 Å². The maximum Gasteiger partial charge on any atom is 0.340 e. The molecule has 0 aliphatic carbocycles. The summed E-state index contributed by atoms with van der Waals surface area (Å²) < 4.78 is 31.0. The molecule has 0 radical (unpaired) electrons. The molecule has 1 aromatic heterocycles. The zero-order valence-corrected chi connectivity index (χ0v) is 17.8. The molecule has 8 nitrogen and oxygen atoms in total. The first-order valence-corrected chi connectivity index (χ1v) is 11.9. The molecular weight excluding hydrogens is 414 g/mol. The highest BCUT2D eigenvalue weighted by molar-refractivity contribution is 7.92. The van der Waals surface area contributed by atoms with Gasteiger partial charge in [0.05, 0.1) is 11.8 Å². The maximum atomic E-state index is 12.8. The van der Waals surface area contributed by atoms with Crippen molar-refractivity contribution in [3.63, 3.8) is 0 Å². The summed E-state index contributed by atoms with van der Waals surface area (Å²) in [7, 11) is -3.45. The Hall–Kier alpha value is -2.43. The first kappa shape index (κ1) is 21.3. The van der Waals surface area contributed by atoms with Gasteiger partial charge in [-0.05, 0) is 35.0 Å². The van der Waals surface area contributed by atoms with Crippen molar-refractivity contribution in [3.05, 3.63) is 52.2 Å². The van der Waals surface area contributed by atoms with Gasteiger partial charge in [-0.15, -0.1) is 0 Å². The number of carbonyl (C=O) groups is 2. The molecule has 156 valence electrons. The molecule has 0 saturated carbocycles. The van der Waals surface area contributed by atoms with E-state index in [1.54, 1.807) is 30.0 Å². The third-order valence-electron chi connectivity index (χ3n) is 4.54. The minimum Gasteiger partial charge on any atom is -0.438 e. The van der Waals surface area contributed by atoms with E-state index in [-0.39, 0.29) is 11.5 Å². The molecule has 1 fully saturated rings. The molecule has 1 N–H and O–H groups in total. The maximum absolute atomic E-state index is 12.8. The number of nitrogens with one attached hydrogen (secondary N) is 1. The van der Waals surface area contributed by atoms with E-state index in [0.717, 1.165) is 11.8 Å². The third kappa shape index (κ3) is 5.78. The van der Waals surface area contributed by atoms with Gasteiger partial charge in [-0.3, -0.25) is 14.4 Å². The lowest BCUT2D eigenvalue weighted by Crippen LogP contribution is -2.49. The fourth-order valence-electron chi connectivity index (χ4n) is 3.13. The van der Waals surface area contributed by atoms with Gasteiger partial charge in [0.1, 0.15) is 0 Å². The van der Waals surface area contributed by atoms with Crippen molar-refractivity contribution < 1.29 is 22.7 Å². The van der Waals surface area contributed by atoms with Crippen molar-refractivity contribution in [2.24, 2.45) is 0 Å². The van der Waals surface area contributed by atoms with Crippen molar-refractivity contribution in [1.29, 1.82) is 0 Å². The lowest BCUT2D eigenvalue weighted by molar-refractivity contribution is -0.132. The van der Waals surface area contributed by atoms with Crippen LogP contribution in [0.25, 0.3) is 0 Å². The molecule has 1 aromatic carbocycles. The molecule has 3 rings (SSSR count). The van der Waals surface area contributed by atoms with E-state index in [1.807, 2.05) is 21.7 Å². The molecule has 1 unspecified atom stereocenters. The van der Waals surface area contributed by atoms with E-state index in [9.17, 15) is 18.0 Å². The number of hydrogen-bond donors (Lipinski definition) is 1. The van der Waals surface area contributed by atoms with Crippen LogP contribution in [0.5, 0.6) is 0 Å². The number of piperazine rings is 1. The van der Waals surface area contributed by atoms with E-state index in [4.69, 9.17) is 4.74 Å². The number of anilines is 1. The number of ether oxygens (including phenoxy) is 1. The molecule has 1 aliphatic heterocycles. The van der Waals surface area contributed by atoms with Gasteiger partial charge in [0.25, 0.3) is 0 Å². The molecule has 10 heteroatoms. The summed E-state index contributed by atoms with van der Waals surface area (Å²) in [4.78, 5) is 28.2. The van der Waals surface area contributed by atoms with Crippen LogP contribution in [0.1, 0.15) is 29.1 Å². The van der Waals surface area contributed by atoms with Crippen molar-refractivity contribution in [3.8, 4) is 0 Å². The van der Waals surface area contributed by atoms with E-state index < -0.39 is 22.2 Å². The number of amides is 1. The molecule has 29 heavy (non-hydrogen) atoms. The van der Waals surface area contributed by atoms with E-state index in [2.05, 4.69) is 4.72 Å². The van der Waals surface area contributed by atoms with Crippen LogP contribution in [0.4, 0.5) is 5.69 Å². The zero-order valence-electron chi connectivity index (χ0n) is 16.2. The van der Waals surface area contributed by atoms with Crippen LogP contribution in [0.15, 0.2) is 41.1 Å². The summed E-state index contributed by atoms with van der Waals surface area (Å²) in [5.74, 6) is -0.517. The molecule has 1 atom stereocenters. The Kier molecular flexibility index (Phi) is 6.56. The van der Waals surface area contributed by atoms with Gasteiger partial charge in [-0.25, -0.2) is 13.2 Å². The van der Waals surface area contributed by atoms with Gasteiger partial charge in [0, 0.05) is 44.4 Å². The minimum atomic E-state index is -3.45. The van der Waals surface area contributed by atoms with Crippen LogP contribution >= 0.6 is 11.3 Å². The van der Waals surface area contributed by atoms with Crippen LogP contribution in [-0.4, -0.2) is 62.5 Å². The number of rotatable bonds is 6. The average molecular weight is 438 g/mol. The highest BCUT2D eigenvalue weighted by atomic mass is 32.2. The van der Waals surface area contributed by atoms with Crippen molar-refractivity contribution in [2.45, 2.75) is 13.2 Å². The van der Waals surface area contributed by atoms with Gasteiger partial charge in [-0.2, -0.15) is 11.3 Å². The Labute approximate surface area is 174 Å². The summed E-state index contributed by atoms with van der Waals surface area (Å²) >= 11 is 1.51. The van der Waals surface area contributed by atoms with Crippen LogP contribution < -0.4 is 4.72 Å². The molecule has 0 bridgehead atoms. The summed E-state index contributed by atoms with van der Waals surface area (Å²) in [5, 5.41) is 3.84. The number of hydrogen-bond acceptors (Lipinski definition) is 7. The molecule has 2 heterocycles. The first-order chi connectivity index (χ1) is 13.7. The van der Waals surface area contributed by atoms with Crippen molar-refractivity contribution in [2.75, 3.05) is 37.2 Å². The number of carbonyl (C=O) groups excluding carboxylic acids is 2. The largest absolute Gasteiger partial charge is 0.438 e. The Morgan fingerprint density at radius 1 is 1.17 bits per heavy atom. The minimum absolute atomic E-state index is 0.0314. The van der Waals surface area contributed by atoms with Crippen LogP contribution in [0, 0.1) is 0 Å². The SMILES string of the molecule is CC(=O)N1CCN(C(OC(=O)c2cccc(NS(C)(=O)=O)c2)c2ccsc2)CC1. The van der Waals surface area contributed by atoms with Gasteiger partial charge >= 0.3 is 5.97 Å². The van der Waals surface area contributed by atoms with Crippen LogP contribution in [0.3, 0.4) is 0 Å². The predicted octanol–water partition coefficient (Wildman–Crippen LogP) is 2.14. The zero-order chi connectivity index (χ0) is 21.0. The summed E-state index contributed by atoms with van der Waals surface area (Å²) in [6, 6.07) is 8.09. The second kappa shape index (κ2) is 8.93. The lowest BCUT2D eigenvalue weighted by Gasteiger charge is -2.38. The molecule has 0 spiro atoms. The summed E-state index contributed by atoms with van der Waals surface area (Å²) in [5.41, 5.74) is 1.41. The molecular formula is C19H23N3O5S2. The lowest BCUT2D eigenvalue weighted by atomic mass is 10.2. The normalized spacial score (nSPS) is 16.3. The molecule has 2 aromatic rings. The fraction of sp³-hybridized carbons (Fsp3) is 0.368. The van der Waals surface area contributed by atoms with Gasteiger partial charge in [0.15, 0.2) is 6.23 Å². The second-order valence-electron chi connectivity index (χ2n) is 6.81. The summed E-state index contributed by atoms with van der Waals surface area (Å²) in [6.07, 6.45) is 0.472.